The van der Waals surface area contributed by atoms with Crippen molar-refractivity contribution in [2.45, 2.75) is 31.4 Å². The van der Waals surface area contributed by atoms with Gasteiger partial charge >= 0.3 is 0 Å². The van der Waals surface area contributed by atoms with Gasteiger partial charge < -0.3 is 14.8 Å². The summed E-state index contributed by atoms with van der Waals surface area (Å²) in [7, 11) is 0. The van der Waals surface area contributed by atoms with Crippen LogP contribution in [-0.2, 0) is 11.3 Å². The summed E-state index contributed by atoms with van der Waals surface area (Å²) in [6, 6.07) is 6.62. The van der Waals surface area contributed by atoms with Crippen molar-refractivity contribution >= 4 is 0 Å². The molecule has 5 nitrogen and oxygen atoms in total. The second kappa shape index (κ2) is 7.28. The summed E-state index contributed by atoms with van der Waals surface area (Å²) in [6.07, 6.45) is 9.77. The van der Waals surface area contributed by atoms with E-state index >= 15 is 0 Å². The summed E-state index contributed by atoms with van der Waals surface area (Å²) in [6.45, 7) is 3.26. The van der Waals surface area contributed by atoms with E-state index in [0.29, 0.717) is 24.5 Å². The van der Waals surface area contributed by atoms with Gasteiger partial charge in [0.1, 0.15) is 12.4 Å². The SMILES string of the molecule is c1cncc(COC[C@@H]2C[C@@H]2c2cncc(OC[C@@H]3CCN3)c2)c1. The first kappa shape index (κ1) is 15.5. The number of aromatic nitrogens is 2. The Kier molecular flexibility index (Phi) is 4.71. The first-order valence-corrected chi connectivity index (χ1v) is 8.66. The second-order valence-electron chi connectivity index (χ2n) is 6.68. The summed E-state index contributed by atoms with van der Waals surface area (Å²) in [5, 5.41) is 3.34. The molecule has 24 heavy (non-hydrogen) atoms. The molecule has 0 bridgehead atoms. The van der Waals surface area contributed by atoms with E-state index in [0.717, 1.165) is 31.1 Å². The van der Waals surface area contributed by atoms with Gasteiger partial charge in [-0.2, -0.15) is 0 Å². The van der Waals surface area contributed by atoms with Crippen LogP contribution in [0, 0.1) is 5.92 Å². The van der Waals surface area contributed by atoms with E-state index in [4.69, 9.17) is 9.47 Å². The van der Waals surface area contributed by atoms with Crippen LogP contribution in [0.1, 0.15) is 29.9 Å². The molecule has 0 amide bonds. The molecule has 2 aliphatic rings. The molecule has 1 N–H and O–H groups in total. The Morgan fingerprint density at radius 3 is 2.92 bits per heavy atom. The Balaban J connectivity index is 1.23. The Hall–Kier alpha value is -1.98. The molecule has 2 aromatic heterocycles. The molecule has 2 aromatic rings. The van der Waals surface area contributed by atoms with E-state index < -0.39 is 0 Å². The largest absolute Gasteiger partial charge is 0.490 e. The van der Waals surface area contributed by atoms with Gasteiger partial charge in [0.2, 0.25) is 0 Å². The van der Waals surface area contributed by atoms with E-state index in [1.54, 1.807) is 12.4 Å². The molecule has 3 heterocycles. The summed E-state index contributed by atoms with van der Waals surface area (Å²) >= 11 is 0. The van der Waals surface area contributed by atoms with Gasteiger partial charge in [-0.25, -0.2) is 0 Å². The average Bonchev–Trinajstić information content (AvgIpc) is 3.34. The number of ether oxygens (including phenoxy) is 2. The van der Waals surface area contributed by atoms with Crippen molar-refractivity contribution in [3.8, 4) is 5.75 Å². The van der Waals surface area contributed by atoms with Gasteiger partial charge in [0.25, 0.3) is 0 Å². The molecular weight excluding hydrogens is 302 g/mol. The molecule has 0 spiro atoms. The standard InChI is InChI=1S/C19H23N3O2/c1-2-14(8-20-4-1)11-23-12-16-7-19(16)15-6-18(10-21-9-15)24-13-17-3-5-22-17/h1-2,4,6,8-10,16-17,19,22H,3,5,7,11-13H2/t16-,17-,19+/m0/s1. The quantitative estimate of drug-likeness (QED) is 0.808. The zero-order chi connectivity index (χ0) is 16.2. The molecule has 2 fully saturated rings. The fourth-order valence-electron chi connectivity index (χ4n) is 3.06. The molecule has 3 atom stereocenters. The molecule has 1 saturated heterocycles. The van der Waals surface area contributed by atoms with Crippen molar-refractivity contribution in [2.75, 3.05) is 19.8 Å². The number of rotatable bonds is 8. The molecular formula is C19H23N3O2. The first-order valence-electron chi connectivity index (χ1n) is 8.66. The van der Waals surface area contributed by atoms with Gasteiger partial charge in [-0.05, 0) is 54.5 Å². The van der Waals surface area contributed by atoms with Crippen molar-refractivity contribution in [3.63, 3.8) is 0 Å². The second-order valence-corrected chi connectivity index (χ2v) is 6.68. The fraction of sp³-hybridized carbons (Fsp3) is 0.474. The van der Waals surface area contributed by atoms with Crippen LogP contribution >= 0.6 is 0 Å². The fourth-order valence-corrected chi connectivity index (χ4v) is 3.06. The number of hydrogen-bond acceptors (Lipinski definition) is 5. The van der Waals surface area contributed by atoms with Crippen LogP contribution in [0.15, 0.2) is 43.0 Å². The zero-order valence-electron chi connectivity index (χ0n) is 13.7. The summed E-state index contributed by atoms with van der Waals surface area (Å²) in [5.74, 6) is 2.02. The maximum atomic E-state index is 5.84. The van der Waals surface area contributed by atoms with Crippen molar-refractivity contribution < 1.29 is 9.47 Å². The lowest BCUT2D eigenvalue weighted by atomic mass is 10.1. The van der Waals surface area contributed by atoms with Gasteiger partial charge in [0.05, 0.1) is 19.4 Å². The Labute approximate surface area is 142 Å². The third-order valence-corrected chi connectivity index (χ3v) is 4.79. The number of pyridine rings is 2. The minimum Gasteiger partial charge on any atom is -0.490 e. The zero-order valence-corrected chi connectivity index (χ0v) is 13.7. The van der Waals surface area contributed by atoms with Gasteiger partial charge in [0.15, 0.2) is 0 Å². The normalized spacial score (nSPS) is 25.1. The van der Waals surface area contributed by atoms with Crippen LogP contribution in [0.5, 0.6) is 5.75 Å². The van der Waals surface area contributed by atoms with Gasteiger partial charge in [-0.15, -0.1) is 0 Å². The molecule has 4 rings (SSSR count). The van der Waals surface area contributed by atoms with Crippen molar-refractivity contribution in [3.05, 3.63) is 54.1 Å². The lowest BCUT2D eigenvalue weighted by molar-refractivity contribution is 0.110. The molecule has 0 radical (unpaired) electrons. The van der Waals surface area contributed by atoms with Crippen molar-refractivity contribution in [1.82, 2.24) is 15.3 Å². The number of nitrogens with one attached hydrogen (secondary N) is 1. The van der Waals surface area contributed by atoms with E-state index in [2.05, 4.69) is 21.4 Å². The Morgan fingerprint density at radius 1 is 1.17 bits per heavy atom. The van der Waals surface area contributed by atoms with Gasteiger partial charge in [-0.1, -0.05) is 6.07 Å². The lowest BCUT2D eigenvalue weighted by Crippen LogP contribution is -2.46. The van der Waals surface area contributed by atoms with E-state index in [1.807, 2.05) is 24.5 Å². The summed E-state index contributed by atoms with van der Waals surface area (Å²) < 4.78 is 11.7. The third kappa shape index (κ3) is 3.91. The van der Waals surface area contributed by atoms with E-state index in [1.165, 1.54) is 18.4 Å². The summed E-state index contributed by atoms with van der Waals surface area (Å²) in [5.41, 5.74) is 2.39. The van der Waals surface area contributed by atoms with Gasteiger partial charge in [0, 0.05) is 24.6 Å². The average molecular weight is 325 g/mol. The summed E-state index contributed by atoms with van der Waals surface area (Å²) in [4.78, 5) is 8.44. The van der Waals surface area contributed by atoms with Gasteiger partial charge in [-0.3, -0.25) is 9.97 Å². The van der Waals surface area contributed by atoms with Crippen LogP contribution < -0.4 is 10.1 Å². The molecule has 0 aromatic carbocycles. The molecule has 1 aliphatic heterocycles. The number of nitrogens with zero attached hydrogens (tertiary/aromatic N) is 2. The van der Waals surface area contributed by atoms with Crippen molar-refractivity contribution in [2.24, 2.45) is 5.92 Å². The van der Waals surface area contributed by atoms with E-state index in [-0.39, 0.29) is 0 Å². The first-order chi connectivity index (χ1) is 11.9. The molecule has 0 unspecified atom stereocenters. The highest BCUT2D eigenvalue weighted by molar-refractivity contribution is 5.30. The molecule has 5 heteroatoms. The lowest BCUT2D eigenvalue weighted by Gasteiger charge is -2.27. The predicted octanol–water partition coefficient (Wildman–Crippen LogP) is 2.54. The number of hydrogen-bond donors (Lipinski definition) is 1. The topological polar surface area (TPSA) is 56.3 Å². The molecule has 1 saturated carbocycles. The maximum absolute atomic E-state index is 5.84. The van der Waals surface area contributed by atoms with Crippen LogP contribution in [-0.4, -0.2) is 35.8 Å². The third-order valence-electron chi connectivity index (χ3n) is 4.79. The minimum atomic E-state index is 0.503. The smallest absolute Gasteiger partial charge is 0.137 e. The monoisotopic (exact) mass is 325 g/mol. The minimum absolute atomic E-state index is 0.503. The predicted molar refractivity (Wildman–Crippen MR) is 90.9 cm³/mol. The Bertz CT molecular complexity index is 661. The maximum Gasteiger partial charge on any atom is 0.137 e. The molecule has 126 valence electrons. The highest BCUT2D eigenvalue weighted by atomic mass is 16.5. The van der Waals surface area contributed by atoms with E-state index in [9.17, 15) is 0 Å². The highest BCUT2D eigenvalue weighted by Gasteiger charge is 2.38. The molecule has 1 aliphatic carbocycles. The highest BCUT2D eigenvalue weighted by Crippen LogP contribution is 2.47. The van der Waals surface area contributed by atoms with Crippen LogP contribution in [0.2, 0.25) is 0 Å². The van der Waals surface area contributed by atoms with Crippen LogP contribution in [0.3, 0.4) is 0 Å². The van der Waals surface area contributed by atoms with Crippen LogP contribution in [0.25, 0.3) is 0 Å². The van der Waals surface area contributed by atoms with Crippen molar-refractivity contribution in [1.29, 1.82) is 0 Å². The van der Waals surface area contributed by atoms with Crippen LogP contribution in [0.4, 0.5) is 0 Å². The Morgan fingerprint density at radius 2 is 2.12 bits per heavy atom.